The van der Waals surface area contributed by atoms with Crippen LogP contribution >= 0.6 is 0 Å². The number of ether oxygens (including phenoxy) is 2. The lowest BCUT2D eigenvalue weighted by Crippen LogP contribution is -2.57. The molecule has 1 amide bonds. The molecule has 31 heavy (non-hydrogen) atoms. The van der Waals surface area contributed by atoms with Gasteiger partial charge in [0, 0.05) is 18.2 Å². The molecular weight excluding hydrogens is 394 g/mol. The molecule has 8 heteroatoms. The number of nitrogens with one attached hydrogen (secondary N) is 3. The topological polar surface area (TPSA) is 98.7 Å². The summed E-state index contributed by atoms with van der Waals surface area (Å²) in [5.74, 6) is 1.48. The SMILES string of the molecule is N#CN1C[C@H](NC(=O)C2CC(c3ccccc3Oc3ccccc3)NN2)CC12COC2. The maximum Gasteiger partial charge on any atom is 0.238 e. The Morgan fingerprint density at radius 3 is 2.65 bits per heavy atom. The van der Waals surface area contributed by atoms with Gasteiger partial charge < -0.3 is 14.8 Å². The van der Waals surface area contributed by atoms with Crippen LogP contribution in [0.3, 0.4) is 0 Å². The van der Waals surface area contributed by atoms with E-state index in [1.165, 1.54) is 0 Å². The Kier molecular flexibility index (Phi) is 5.24. The fraction of sp³-hybridized carbons (Fsp3) is 0.391. The van der Waals surface area contributed by atoms with Crippen molar-refractivity contribution in [3.05, 3.63) is 60.2 Å². The van der Waals surface area contributed by atoms with Crippen molar-refractivity contribution in [2.75, 3.05) is 19.8 Å². The van der Waals surface area contributed by atoms with Gasteiger partial charge in [-0.25, -0.2) is 10.9 Å². The van der Waals surface area contributed by atoms with Gasteiger partial charge >= 0.3 is 0 Å². The fourth-order valence-electron chi connectivity index (χ4n) is 4.61. The molecule has 3 N–H and O–H groups in total. The van der Waals surface area contributed by atoms with E-state index in [1.54, 1.807) is 4.90 Å². The summed E-state index contributed by atoms with van der Waals surface area (Å²) in [7, 11) is 0. The molecule has 3 heterocycles. The van der Waals surface area contributed by atoms with Crippen LogP contribution in [0.4, 0.5) is 0 Å². The van der Waals surface area contributed by atoms with Crippen LogP contribution in [0, 0.1) is 11.5 Å². The molecule has 5 rings (SSSR count). The van der Waals surface area contributed by atoms with Gasteiger partial charge in [0.25, 0.3) is 0 Å². The lowest BCUT2D eigenvalue weighted by molar-refractivity contribution is -0.123. The summed E-state index contributed by atoms with van der Waals surface area (Å²) < 4.78 is 11.4. The highest BCUT2D eigenvalue weighted by Crippen LogP contribution is 2.36. The number of carbonyl (C=O) groups excluding carboxylic acids is 1. The third-order valence-electron chi connectivity index (χ3n) is 6.30. The predicted octanol–water partition coefficient (Wildman–Crippen LogP) is 1.83. The zero-order valence-electron chi connectivity index (χ0n) is 17.1. The van der Waals surface area contributed by atoms with Crippen molar-refractivity contribution in [3.63, 3.8) is 0 Å². The molecule has 3 aliphatic rings. The molecule has 0 aliphatic carbocycles. The van der Waals surface area contributed by atoms with Crippen LogP contribution in [0.2, 0.25) is 0 Å². The first-order valence-electron chi connectivity index (χ1n) is 10.6. The molecule has 2 aromatic carbocycles. The summed E-state index contributed by atoms with van der Waals surface area (Å²) in [5.41, 5.74) is 7.13. The molecule has 0 saturated carbocycles. The van der Waals surface area contributed by atoms with E-state index in [0.29, 0.717) is 26.2 Å². The standard InChI is InChI=1S/C23H25N5O3/c24-15-28-12-16(11-23(28)13-30-14-23)25-22(29)20-10-19(26-27-20)18-8-4-5-9-21(18)31-17-6-2-1-3-7-17/h1-9,16,19-20,26-27H,10-14H2,(H,25,29)/t16-,19?,20?/m1/s1. The average molecular weight is 419 g/mol. The van der Waals surface area contributed by atoms with Gasteiger partial charge in [0.1, 0.15) is 17.5 Å². The van der Waals surface area contributed by atoms with E-state index < -0.39 is 0 Å². The molecule has 2 aromatic rings. The number of hydrazine groups is 1. The van der Waals surface area contributed by atoms with E-state index in [4.69, 9.17) is 9.47 Å². The largest absolute Gasteiger partial charge is 0.457 e. The average Bonchev–Trinajstić information content (AvgIpc) is 3.40. The van der Waals surface area contributed by atoms with Crippen molar-refractivity contribution in [3.8, 4) is 17.7 Å². The maximum absolute atomic E-state index is 12.9. The van der Waals surface area contributed by atoms with Gasteiger partial charge in [-0.15, -0.1) is 0 Å². The zero-order valence-corrected chi connectivity index (χ0v) is 17.1. The number of benzene rings is 2. The summed E-state index contributed by atoms with van der Waals surface area (Å²) in [6.07, 6.45) is 3.59. The number of likely N-dealkylation sites (tertiary alicyclic amines) is 1. The maximum atomic E-state index is 12.9. The van der Waals surface area contributed by atoms with Crippen molar-refractivity contribution >= 4 is 5.91 Å². The van der Waals surface area contributed by atoms with E-state index in [2.05, 4.69) is 22.4 Å². The second kappa shape index (κ2) is 8.19. The lowest BCUT2D eigenvalue weighted by Gasteiger charge is -2.42. The number of hydrogen-bond acceptors (Lipinski definition) is 7. The molecule has 8 nitrogen and oxygen atoms in total. The van der Waals surface area contributed by atoms with Crippen LogP contribution in [0.25, 0.3) is 0 Å². The normalized spacial score (nSPS) is 26.3. The number of hydrogen-bond donors (Lipinski definition) is 3. The highest BCUT2D eigenvalue weighted by atomic mass is 16.5. The Bertz CT molecular complexity index is 988. The van der Waals surface area contributed by atoms with E-state index >= 15 is 0 Å². The second-order valence-electron chi connectivity index (χ2n) is 8.42. The Labute approximate surface area is 181 Å². The molecule has 2 unspecified atom stereocenters. The predicted molar refractivity (Wildman–Crippen MR) is 113 cm³/mol. The zero-order chi connectivity index (χ0) is 21.3. The molecule has 0 bridgehead atoms. The van der Waals surface area contributed by atoms with Gasteiger partial charge in [-0.3, -0.25) is 9.69 Å². The third kappa shape index (κ3) is 3.83. The van der Waals surface area contributed by atoms with Crippen molar-refractivity contribution in [2.24, 2.45) is 0 Å². The third-order valence-corrected chi connectivity index (χ3v) is 6.30. The molecule has 1 spiro atoms. The first kappa shape index (κ1) is 19.8. The summed E-state index contributed by atoms with van der Waals surface area (Å²) >= 11 is 0. The van der Waals surface area contributed by atoms with Crippen LogP contribution < -0.4 is 20.9 Å². The van der Waals surface area contributed by atoms with E-state index in [0.717, 1.165) is 23.5 Å². The summed E-state index contributed by atoms with van der Waals surface area (Å²) in [5, 5.41) is 12.5. The Balaban J connectivity index is 1.22. The molecule has 0 aromatic heterocycles. The highest BCUT2D eigenvalue weighted by Gasteiger charge is 2.51. The number of para-hydroxylation sites is 2. The van der Waals surface area contributed by atoms with Crippen LogP contribution in [-0.4, -0.2) is 48.2 Å². The first-order valence-corrected chi connectivity index (χ1v) is 10.6. The molecule has 3 fully saturated rings. The molecule has 3 aliphatic heterocycles. The molecular formula is C23H25N5O3. The van der Waals surface area contributed by atoms with Gasteiger partial charge in [-0.05, 0) is 31.0 Å². The van der Waals surface area contributed by atoms with Gasteiger partial charge in [0.15, 0.2) is 6.19 Å². The Hall–Kier alpha value is -3.12. The summed E-state index contributed by atoms with van der Waals surface area (Å²) in [6.45, 7) is 1.63. The Morgan fingerprint density at radius 1 is 1.16 bits per heavy atom. The van der Waals surface area contributed by atoms with Crippen LogP contribution in [0.5, 0.6) is 11.5 Å². The number of nitriles is 1. The summed E-state index contributed by atoms with van der Waals surface area (Å²) in [4.78, 5) is 14.6. The number of nitrogens with zero attached hydrogens (tertiary/aromatic N) is 2. The lowest BCUT2D eigenvalue weighted by atomic mass is 9.93. The minimum absolute atomic E-state index is 0.0504. The minimum atomic E-state index is -0.362. The van der Waals surface area contributed by atoms with Crippen molar-refractivity contribution in [2.45, 2.75) is 36.5 Å². The molecule has 3 atom stereocenters. The van der Waals surface area contributed by atoms with E-state index in [1.807, 2.05) is 54.6 Å². The second-order valence-corrected chi connectivity index (χ2v) is 8.42. The van der Waals surface area contributed by atoms with Crippen LogP contribution in [0.1, 0.15) is 24.4 Å². The number of rotatable bonds is 5. The Morgan fingerprint density at radius 2 is 1.94 bits per heavy atom. The van der Waals surface area contributed by atoms with Crippen molar-refractivity contribution < 1.29 is 14.3 Å². The molecule has 160 valence electrons. The van der Waals surface area contributed by atoms with E-state index in [-0.39, 0.29) is 29.6 Å². The fourth-order valence-corrected chi connectivity index (χ4v) is 4.61. The van der Waals surface area contributed by atoms with Gasteiger partial charge in [0.05, 0.1) is 24.8 Å². The number of carbonyl (C=O) groups is 1. The van der Waals surface area contributed by atoms with Crippen LogP contribution in [0.15, 0.2) is 54.6 Å². The molecule has 3 saturated heterocycles. The quantitative estimate of drug-likeness (QED) is 0.636. The van der Waals surface area contributed by atoms with Gasteiger partial charge in [0.2, 0.25) is 5.91 Å². The molecule has 0 radical (unpaired) electrons. The first-order chi connectivity index (χ1) is 15.2. The number of amides is 1. The summed E-state index contributed by atoms with van der Waals surface area (Å²) in [6, 6.07) is 17.0. The van der Waals surface area contributed by atoms with E-state index in [9.17, 15) is 10.1 Å². The monoisotopic (exact) mass is 419 g/mol. The highest BCUT2D eigenvalue weighted by molar-refractivity contribution is 5.82. The van der Waals surface area contributed by atoms with Gasteiger partial charge in [-0.1, -0.05) is 36.4 Å². The van der Waals surface area contributed by atoms with Crippen LogP contribution in [-0.2, 0) is 9.53 Å². The smallest absolute Gasteiger partial charge is 0.238 e. The van der Waals surface area contributed by atoms with Gasteiger partial charge in [-0.2, -0.15) is 5.26 Å². The minimum Gasteiger partial charge on any atom is -0.457 e. The van der Waals surface area contributed by atoms with Crippen molar-refractivity contribution in [1.82, 2.24) is 21.1 Å². The van der Waals surface area contributed by atoms with Crippen molar-refractivity contribution in [1.29, 1.82) is 5.26 Å².